The van der Waals surface area contributed by atoms with E-state index in [4.69, 9.17) is 17.0 Å². The molecule has 2 atom stereocenters. The molecule has 1 aliphatic heterocycles. The molecule has 2 unspecified atom stereocenters. The average Bonchev–Trinajstić information content (AvgIpc) is 2.88. The van der Waals surface area contributed by atoms with Gasteiger partial charge >= 0.3 is 0 Å². The van der Waals surface area contributed by atoms with Crippen LogP contribution in [0.25, 0.3) is 11.2 Å². The van der Waals surface area contributed by atoms with E-state index in [0.29, 0.717) is 0 Å². The third-order valence-corrected chi connectivity index (χ3v) is 4.49. The average molecular weight is 266 g/mol. The van der Waals surface area contributed by atoms with E-state index in [0.717, 1.165) is 34.7 Å². The van der Waals surface area contributed by atoms with Crippen LogP contribution >= 0.6 is 12.2 Å². The summed E-state index contributed by atoms with van der Waals surface area (Å²) in [4.78, 5) is 3.28. The normalized spacial score (nSPS) is 28.3. The van der Waals surface area contributed by atoms with Gasteiger partial charge in [0.25, 0.3) is 0 Å². The summed E-state index contributed by atoms with van der Waals surface area (Å²) < 4.78 is 10.6. The number of rotatable bonds is 1. The van der Waals surface area contributed by atoms with Crippen molar-refractivity contribution in [3.05, 3.63) is 10.5 Å². The standard InChI is InChI=1S/C12H18N4OS/c1-7-9-10(15(4)14-7)16(11(18)13-9)12(3)5-6-17-8(12)2/h8H,5-6H2,1-4H3,(H,13,18). The zero-order chi connectivity index (χ0) is 13.1. The molecule has 0 aliphatic carbocycles. The van der Waals surface area contributed by atoms with Gasteiger partial charge in [0.15, 0.2) is 10.4 Å². The first kappa shape index (κ1) is 11.9. The van der Waals surface area contributed by atoms with Crippen molar-refractivity contribution < 1.29 is 4.74 Å². The van der Waals surface area contributed by atoms with Crippen molar-refractivity contribution in [1.82, 2.24) is 19.3 Å². The Bertz CT molecular complexity index is 667. The molecule has 18 heavy (non-hydrogen) atoms. The Morgan fingerprint density at radius 1 is 1.56 bits per heavy atom. The number of hydrogen-bond donors (Lipinski definition) is 1. The van der Waals surface area contributed by atoms with Gasteiger partial charge in [0, 0.05) is 13.7 Å². The number of aromatic nitrogens is 4. The summed E-state index contributed by atoms with van der Waals surface area (Å²) in [6, 6.07) is 0. The van der Waals surface area contributed by atoms with Crippen molar-refractivity contribution in [1.29, 1.82) is 0 Å². The second kappa shape index (κ2) is 3.68. The molecule has 0 aromatic carbocycles. The molecule has 6 heteroatoms. The predicted molar refractivity (Wildman–Crippen MR) is 72.3 cm³/mol. The molecule has 2 aromatic heterocycles. The monoisotopic (exact) mass is 266 g/mol. The number of hydrogen-bond acceptors (Lipinski definition) is 3. The van der Waals surface area contributed by atoms with Gasteiger partial charge in [0.1, 0.15) is 5.52 Å². The lowest BCUT2D eigenvalue weighted by Gasteiger charge is -2.29. The zero-order valence-electron chi connectivity index (χ0n) is 11.1. The molecule has 0 spiro atoms. The summed E-state index contributed by atoms with van der Waals surface area (Å²) in [5.74, 6) is 0. The highest BCUT2D eigenvalue weighted by atomic mass is 32.1. The SMILES string of the molecule is Cc1nn(C)c2c1[nH]c(=S)n2C1(C)CCOC1C. The van der Waals surface area contributed by atoms with Gasteiger partial charge in [-0.3, -0.25) is 9.25 Å². The van der Waals surface area contributed by atoms with Crippen molar-refractivity contribution in [3.8, 4) is 0 Å². The number of aryl methyl sites for hydroxylation is 2. The number of nitrogens with zero attached hydrogens (tertiary/aromatic N) is 3. The molecule has 0 amide bonds. The zero-order valence-corrected chi connectivity index (χ0v) is 12.0. The fraction of sp³-hybridized carbons (Fsp3) is 0.667. The topological polar surface area (TPSA) is 47.8 Å². The Hall–Kier alpha value is -1.14. The minimum atomic E-state index is -0.102. The Morgan fingerprint density at radius 3 is 2.89 bits per heavy atom. The Balaban J connectivity index is 2.35. The number of aromatic amines is 1. The van der Waals surface area contributed by atoms with E-state index in [2.05, 4.69) is 28.5 Å². The summed E-state index contributed by atoms with van der Waals surface area (Å²) in [6.45, 7) is 7.09. The molecular weight excluding hydrogens is 248 g/mol. The first-order valence-corrected chi connectivity index (χ1v) is 6.62. The van der Waals surface area contributed by atoms with Crippen molar-refractivity contribution in [2.75, 3.05) is 6.61 Å². The van der Waals surface area contributed by atoms with Gasteiger partial charge in [-0.25, -0.2) is 0 Å². The Morgan fingerprint density at radius 2 is 2.28 bits per heavy atom. The van der Waals surface area contributed by atoms with E-state index in [9.17, 15) is 0 Å². The molecular formula is C12H18N4OS. The largest absolute Gasteiger partial charge is 0.376 e. The third kappa shape index (κ3) is 1.36. The van der Waals surface area contributed by atoms with Crippen LogP contribution in [0.4, 0.5) is 0 Å². The first-order valence-electron chi connectivity index (χ1n) is 6.21. The molecule has 1 aliphatic rings. The van der Waals surface area contributed by atoms with Gasteiger partial charge in [-0.15, -0.1) is 0 Å². The third-order valence-electron chi connectivity index (χ3n) is 4.20. The maximum absolute atomic E-state index is 5.73. The van der Waals surface area contributed by atoms with E-state index in [-0.39, 0.29) is 11.6 Å². The van der Waals surface area contributed by atoms with Gasteiger partial charge in [-0.05, 0) is 39.4 Å². The lowest BCUT2D eigenvalue weighted by molar-refractivity contribution is 0.0765. The molecule has 3 heterocycles. The van der Waals surface area contributed by atoms with E-state index < -0.39 is 0 Å². The summed E-state index contributed by atoms with van der Waals surface area (Å²) >= 11 is 5.50. The van der Waals surface area contributed by atoms with Crippen LogP contribution in [0.5, 0.6) is 0 Å². The molecule has 5 nitrogen and oxygen atoms in total. The fourth-order valence-electron chi connectivity index (χ4n) is 2.90. The maximum Gasteiger partial charge on any atom is 0.179 e. The second-order valence-electron chi connectivity index (χ2n) is 5.29. The lowest BCUT2D eigenvalue weighted by Crippen LogP contribution is -2.37. The number of imidazole rings is 1. The van der Waals surface area contributed by atoms with Crippen LogP contribution in [0, 0.1) is 11.7 Å². The van der Waals surface area contributed by atoms with Crippen molar-refractivity contribution in [3.63, 3.8) is 0 Å². The van der Waals surface area contributed by atoms with Crippen LogP contribution < -0.4 is 0 Å². The highest BCUT2D eigenvalue weighted by Gasteiger charge is 2.41. The molecule has 0 radical (unpaired) electrons. The molecule has 2 aromatic rings. The number of ether oxygens (including phenoxy) is 1. The van der Waals surface area contributed by atoms with Crippen LogP contribution in [0.15, 0.2) is 0 Å². The molecule has 0 bridgehead atoms. The van der Waals surface area contributed by atoms with Gasteiger partial charge in [0.2, 0.25) is 0 Å². The summed E-state index contributed by atoms with van der Waals surface area (Å²) in [5, 5.41) is 4.46. The Kier molecular flexibility index (Phi) is 2.44. The predicted octanol–water partition coefficient (Wildman–Crippen LogP) is 2.26. The fourth-order valence-corrected chi connectivity index (χ4v) is 3.30. The quantitative estimate of drug-likeness (QED) is 0.805. The summed E-state index contributed by atoms with van der Waals surface area (Å²) in [7, 11) is 1.96. The minimum absolute atomic E-state index is 0.102. The summed E-state index contributed by atoms with van der Waals surface area (Å²) in [6.07, 6.45) is 1.12. The second-order valence-corrected chi connectivity index (χ2v) is 5.68. The molecule has 98 valence electrons. The highest BCUT2D eigenvalue weighted by molar-refractivity contribution is 7.71. The highest BCUT2D eigenvalue weighted by Crippen LogP contribution is 2.36. The van der Waals surface area contributed by atoms with E-state index in [1.807, 2.05) is 18.7 Å². The molecule has 1 saturated heterocycles. The Labute approximate surface area is 111 Å². The van der Waals surface area contributed by atoms with Crippen molar-refractivity contribution >= 4 is 23.4 Å². The van der Waals surface area contributed by atoms with Crippen LogP contribution in [0.1, 0.15) is 26.0 Å². The number of fused-ring (bicyclic) bond motifs is 1. The van der Waals surface area contributed by atoms with Crippen LogP contribution in [-0.4, -0.2) is 32.0 Å². The first-order chi connectivity index (χ1) is 8.45. The van der Waals surface area contributed by atoms with Crippen LogP contribution in [-0.2, 0) is 17.3 Å². The molecule has 1 N–H and O–H groups in total. The van der Waals surface area contributed by atoms with Crippen molar-refractivity contribution in [2.24, 2.45) is 7.05 Å². The molecule has 3 rings (SSSR count). The summed E-state index contributed by atoms with van der Waals surface area (Å²) in [5.41, 5.74) is 2.96. The number of H-pyrrole nitrogens is 1. The van der Waals surface area contributed by atoms with Gasteiger partial charge in [-0.1, -0.05) is 0 Å². The maximum atomic E-state index is 5.73. The van der Waals surface area contributed by atoms with E-state index in [1.165, 1.54) is 0 Å². The van der Waals surface area contributed by atoms with Crippen molar-refractivity contribution in [2.45, 2.75) is 38.8 Å². The van der Waals surface area contributed by atoms with E-state index in [1.54, 1.807) is 0 Å². The van der Waals surface area contributed by atoms with Crippen LogP contribution in [0.3, 0.4) is 0 Å². The lowest BCUT2D eigenvalue weighted by atomic mass is 9.94. The van der Waals surface area contributed by atoms with Crippen LogP contribution in [0.2, 0.25) is 0 Å². The smallest absolute Gasteiger partial charge is 0.179 e. The number of nitrogens with one attached hydrogen (secondary N) is 1. The van der Waals surface area contributed by atoms with Gasteiger partial charge in [0.05, 0.1) is 17.3 Å². The van der Waals surface area contributed by atoms with Gasteiger partial charge in [-0.2, -0.15) is 5.10 Å². The van der Waals surface area contributed by atoms with E-state index >= 15 is 0 Å². The minimum Gasteiger partial charge on any atom is -0.376 e. The van der Waals surface area contributed by atoms with Gasteiger partial charge < -0.3 is 9.72 Å². The molecule has 1 fully saturated rings. The molecule has 0 saturated carbocycles.